The largest absolute Gasteiger partial charge is 0.395 e. The second-order valence-corrected chi connectivity index (χ2v) is 4.64. The molecular weight excluding hydrogens is 250 g/mol. The predicted octanol–water partition coefficient (Wildman–Crippen LogP) is -1.73. The molecule has 0 aliphatic carbocycles. The number of aromatic amines is 1. The van der Waals surface area contributed by atoms with Crippen molar-refractivity contribution in [2.45, 2.75) is 24.3 Å². The van der Waals surface area contributed by atoms with Crippen molar-refractivity contribution in [1.82, 2.24) is 20.3 Å². The van der Waals surface area contributed by atoms with Crippen LogP contribution >= 0.6 is 0 Å². The molecule has 102 valence electrons. The van der Waals surface area contributed by atoms with Crippen LogP contribution in [0.5, 0.6) is 0 Å². The molecule has 0 bridgehead atoms. The fourth-order valence-electron chi connectivity index (χ4n) is 2.51. The normalized spacial score (nSPS) is 31.1. The van der Waals surface area contributed by atoms with Crippen molar-refractivity contribution in [3.05, 3.63) is 18.1 Å². The van der Waals surface area contributed by atoms with E-state index >= 15 is 0 Å². The molecule has 1 fully saturated rings. The minimum Gasteiger partial charge on any atom is -0.395 e. The highest BCUT2D eigenvalue weighted by Gasteiger charge is 2.42. The van der Waals surface area contributed by atoms with Crippen LogP contribution in [0.3, 0.4) is 0 Å². The summed E-state index contributed by atoms with van der Waals surface area (Å²) in [5.41, 5.74) is 7.60. The van der Waals surface area contributed by atoms with Crippen LogP contribution in [-0.2, 0) is 0 Å². The second kappa shape index (κ2) is 4.42. The summed E-state index contributed by atoms with van der Waals surface area (Å²) < 4.78 is 0. The molecule has 3 heterocycles. The topological polar surface area (TPSA) is 140 Å². The van der Waals surface area contributed by atoms with E-state index in [9.17, 15) is 10.2 Å². The van der Waals surface area contributed by atoms with Crippen LogP contribution in [0.2, 0.25) is 0 Å². The number of hydrogen-bond acceptors (Lipinski definition) is 7. The Balaban J connectivity index is 2.04. The van der Waals surface area contributed by atoms with Crippen molar-refractivity contribution in [1.29, 1.82) is 0 Å². The van der Waals surface area contributed by atoms with Gasteiger partial charge in [0.25, 0.3) is 0 Å². The molecule has 1 aliphatic heterocycles. The molecule has 0 spiro atoms. The summed E-state index contributed by atoms with van der Waals surface area (Å²) in [5, 5.41) is 32.0. The molecule has 8 nitrogen and oxygen atoms in total. The molecule has 0 amide bonds. The highest BCUT2D eigenvalue weighted by Crippen LogP contribution is 2.32. The summed E-state index contributed by atoms with van der Waals surface area (Å²) in [7, 11) is 0. The summed E-state index contributed by atoms with van der Waals surface area (Å²) in [4.78, 5) is 11.0. The van der Waals surface area contributed by atoms with Gasteiger partial charge in [-0.25, -0.2) is 9.97 Å². The lowest BCUT2D eigenvalue weighted by Gasteiger charge is -2.14. The Morgan fingerprint density at radius 2 is 2.05 bits per heavy atom. The van der Waals surface area contributed by atoms with Crippen molar-refractivity contribution in [2.24, 2.45) is 0 Å². The van der Waals surface area contributed by atoms with E-state index in [1.165, 1.54) is 6.33 Å². The number of nitrogens with one attached hydrogen (secondary N) is 2. The Hall–Kier alpha value is -1.74. The van der Waals surface area contributed by atoms with E-state index in [2.05, 4.69) is 20.3 Å². The van der Waals surface area contributed by atoms with Gasteiger partial charge in [0.15, 0.2) is 5.82 Å². The molecule has 1 aliphatic rings. The third kappa shape index (κ3) is 1.77. The van der Waals surface area contributed by atoms with Crippen LogP contribution in [-0.4, -0.2) is 55.1 Å². The predicted molar refractivity (Wildman–Crippen MR) is 67.1 cm³/mol. The maximum absolute atomic E-state index is 10.0. The van der Waals surface area contributed by atoms with E-state index in [1.54, 1.807) is 6.20 Å². The van der Waals surface area contributed by atoms with Crippen molar-refractivity contribution >= 4 is 16.9 Å². The number of rotatable bonds is 2. The lowest BCUT2D eigenvalue weighted by Crippen LogP contribution is -2.35. The van der Waals surface area contributed by atoms with Crippen LogP contribution in [0.1, 0.15) is 11.6 Å². The van der Waals surface area contributed by atoms with Gasteiger partial charge in [-0.05, 0) is 0 Å². The van der Waals surface area contributed by atoms with Crippen molar-refractivity contribution in [3.8, 4) is 0 Å². The third-order valence-electron chi connectivity index (χ3n) is 3.55. The Labute approximate surface area is 108 Å². The summed E-state index contributed by atoms with van der Waals surface area (Å²) in [6.45, 7) is -0.256. The van der Waals surface area contributed by atoms with Crippen molar-refractivity contribution < 1.29 is 15.3 Å². The molecular formula is C11H15N5O3. The Kier molecular flexibility index (Phi) is 2.86. The Morgan fingerprint density at radius 3 is 2.74 bits per heavy atom. The summed E-state index contributed by atoms with van der Waals surface area (Å²) in [6, 6.07) is -1.08. The molecule has 1 unspecified atom stereocenters. The van der Waals surface area contributed by atoms with Crippen LogP contribution in [0.15, 0.2) is 12.5 Å². The first-order valence-electron chi connectivity index (χ1n) is 5.94. The first-order chi connectivity index (χ1) is 9.13. The van der Waals surface area contributed by atoms with E-state index in [0.717, 1.165) is 0 Å². The van der Waals surface area contributed by atoms with E-state index in [1.807, 2.05) is 0 Å². The van der Waals surface area contributed by atoms with Gasteiger partial charge in [-0.3, -0.25) is 0 Å². The lowest BCUT2D eigenvalue weighted by molar-refractivity contribution is 0.0196. The number of fused-ring (bicyclic) bond motifs is 1. The smallest absolute Gasteiger partial charge is 0.151 e. The summed E-state index contributed by atoms with van der Waals surface area (Å²) in [5.74, 6) is 0.322. The molecule has 2 aromatic heterocycles. The molecule has 8 heteroatoms. The third-order valence-corrected chi connectivity index (χ3v) is 3.55. The van der Waals surface area contributed by atoms with Crippen molar-refractivity contribution in [2.75, 3.05) is 12.3 Å². The fraction of sp³-hybridized carbons (Fsp3) is 0.455. The number of anilines is 1. The zero-order valence-electron chi connectivity index (χ0n) is 9.98. The first kappa shape index (κ1) is 12.3. The Morgan fingerprint density at radius 1 is 1.26 bits per heavy atom. The molecule has 0 saturated carbocycles. The van der Waals surface area contributed by atoms with Crippen LogP contribution in [0.4, 0.5) is 5.82 Å². The number of nitrogen functional groups attached to an aromatic ring is 1. The van der Waals surface area contributed by atoms with Gasteiger partial charge in [-0.15, -0.1) is 0 Å². The van der Waals surface area contributed by atoms with Gasteiger partial charge >= 0.3 is 0 Å². The molecule has 3 rings (SSSR count). The highest BCUT2D eigenvalue weighted by atomic mass is 16.3. The number of nitrogens with two attached hydrogens (primary N) is 1. The Bertz CT molecular complexity index is 601. The number of hydrogen-bond donors (Lipinski definition) is 6. The van der Waals surface area contributed by atoms with Crippen LogP contribution in [0, 0.1) is 0 Å². The minimum atomic E-state index is -1.03. The molecule has 0 aromatic carbocycles. The maximum atomic E-state index is 10.0. The van der Waals surface area contributed by atoms with E-state index < -0.39 is 24.3 Å². The monoisotopic (exact) mass is 265 g/mol. The first-order valence-corrected chi connectivity index (χ1v) is 5.94. The molecule has 0 radical (unpaired) electrons. The molecule has 4 atom stereocenters. The van der Waals surface area contributed by atoms with Gasteiger partial charge in [-0.2, -0.15) is 0 Å². The highest BCUT2D eigenvalue weighted by molar-refractivity contribution is 5.87. The number of H-pyrrole nitrogens is 1. The van der Waals surface area contributed by atoms with E-state index in [4.69, 9.17) is 10.8 Å². The van der Waals surface area contributed by atoms with Crippen LogP contribution in [0.25, 0.3) is 11.0 Å². The van der Waals surface area contributed by atoms with Gasteiger partial charge in [-0.1, -0.05) is 0 Å². The summed E-state index contributed by atoms with van der Waals surface area (Å²) in [6.07, 6.45) is 0.964. The number of nitrogens with zero attached hydrogens (tertiary/aromatic N) is 2. The molecule has 2 aromatic rings. The van der Waals surface area contributed by atoms with Crippen LogP contribution < -0.4 is 11.1 Å². The van der Waals surface area contributed by atoms with Gasteiger partial charge in [0.1, 0.15) is 17.9 Å². The molecule has 19 heavy (non-hydrogen) atoms. The quantitative estimate of drug-likeness (QED) is 0.379. The standard InChI is InChI=1S/C11H15N5O3/c12-11-8-6(14-3-15-11)4(1-13-8)7-10(19)9(18)5(2-17)16-7/h1,3,5,7,9-10,13,16-19H,2H2,(H2,12,14,15)/t5-,7?,9-,10+/m1/s1. The SMILES string of the molecule is Nc1ncnc2c(C3N[C@H](CO)[C@@H](O)[C@H]3O)c[nH]c12. The minimum absolute atomic E-state index is 0.256. The van der Waals surface area contributed by atoms with Gasteiger partial charge < -0.3 is 31.4 Å². The zero-order valence-corrected chi connectivity index (χ0v) is 9.98. The average molecular weight is 265 g/mol. The fourth-order valence-corrected chi connectivity index (χ4v) is 2.51. The second-order valence-electron chi connectivity index (χ2n) is 4.64. The summed E-state index contributed by atoms with van der Waals surface area (Å²) >= 11 is 0. The van der Waals surface area contributed by atoms with E-state index in [-0.39, 0.29) is 6.61 Å². The zero-order chi connectivity index (χ0) is 13.6. The lowest BCUT2D eigenvalue weighted by atomic mass is 10.0. The van der Waals surface area contributed by atoms with Crippen molar-refractivity contribution in [3.63, 3.8) is 0 Å². The van der Waals surface area contributed by atoms with Gasteiger partial charge in [0.05, 0.1) is 30.3 Å². The molecule has 1 saturated heterocycles. The van der Waals surface area contributed by atoms with E-state index in [0.29, 0.717) is 22.4 Å². The molecule has 7 N–H and O–H groups in total. The number of aromatic nitrogens is 3. The number of aliphatic hydroxyl groups excluding tert-OH is 3. The average Bonchev–Trinajstić information content (AvgIpc) is 2.94. The van der Waals surface area contributed by atoms with Gasteiger partial charge in [0, 0.05) is 11.8 Å². The maximum Gasteiger partial charge on any atom is 0.151 e. The number of aliphatic hydroxyl groups is 3. The van der Waals surface area contributed by atoms with Gasteiger partial charge in [0.2, 0.25) is 0 Å².